The lowest BCUT2D eigenvalue weighted by atomic mass is 10.2. The summed E-state index contributed by atoms with van der Waals surface area (Å²) in [5.74, 6) is -0.255. The molecule has 1 rings (SSSR count). The Hall–Kier alpha value is -1.13. The summed E-state index contributed by atoms with van der Waals surface area (Å²) in [6.07, 6.45) is 2.95. The van der Waals surface area contributed by atoms with Gasteiger partial charge in [0.1, 0.15) is 0 Å². The number of thiophene rings is 1. The molecule has 1 unspecified atom stereocenters. The van der Waals surface area contributed by atoms with Crippen molar-refractivity contribution in [3.8, 4) is 0 Å². The number of esters is 1. The third-order valence-electron chi connectivity index (χ3n) is 3.02. The fourth-order valence-corrected chi connectivity index (χ4v) is 2.41. The zero-order valence-electron chi connectivity index (χ0n) is 11.5. The van der Waals surface area contributed by atoms with Gasteiger partial charge in [0.25, 0.3) is 0 Å². The molecule has 1 aromatic rings. The van der Waals surface area contributed by atoms with E-state index in [4.69, 9.17) is 0 Å². The van der Waals surface area contributed by atoms with Crippen LogP contribution in [0.3, 0.4) is 0 Å². The second-order valence-electron chi connectivity index (χ2n) is 4.45. The molecule has 0 N–H and O–H groups in total. The number of carbonyl (C=O) groups excluding carboxylic acids is 1. The summed E-state index contributed by atoms with van der Waals surface area (Å²) in [5.41, 5.74) is 0.660. The highest BCUT2D eigenvalue weighted by molar-refractivity contribution is 7.09. The zero-order valence-corrected chi connectivity index (χ0v) is 12.3. The fraction of sp³-hybridized carbons (Fsp3) is 0.500. The lowest BCUT2D eigenvalue weighted by Crippen LogP contribution is -2.31. The number of nitrogens with zero attached hydrogens (tertiary/aromatic N) is 1. The van der Waals surface area contributed by atoms with Gasteiger partial charge in [-0.05, 0) is 38.8 Å². The molecule has 0 aliphatic rings. The molecule has 0 spiro atoms. The number of likely N-dealkylation sites (N-methyl/N-ethyl adjacent to an activating group) is 1. The third kappa shape index (κ3) is 4.63. The van der Waals surface area contributed by atoms with Gasteiger partial charge in [0, 0.05) is 23.0 Å². The van der Waals surface area contributed by atoms with Gasteiger partial charge in [-0.25, -0.2) is 4.79 Å². The summed E-state index contributed by atoms with van der Waals surface area (Å²) >= 11 is 1.79. The van der Waals surface area contributed by atoms with Crippen LogP contribution in [0.25, 0.3) is 0 Å². The molecule has 0 radical (unpaired) electrons. The molecule has 0 fully saturated rings. The number of hydrogen-bond acceptors (Lipinski definition) is 4. The second-order valence-corrected chi connectivity index (χ2v) is 5.48. The molecule has 0 bridgehead atoms. The highest BCUT2D eigenvalue weighted by atomic mass is 32.1. The highest BCUT2D eigenvalue weighted by Gasteiger charge is 2.10. The van der Waals surface area contributed by atoms with Gasteiger partial charge in [0.05, 0.1) is 7.11 Å². The topological polar surface area (TPSA) is 29.5 Å². The summed E-state index contributed by atoms with van der Waals surface area (Å²) in [6, 6.07) is 4.68. The van der Waals surface area contributed by atoms with Crippen molar-refractivity contribution in [2.45, 2.75) is 26.3 Å². The molecule has 0 amide bonds. The molecular formula is C14H21NO2S. The normalized spacial score (nSPS) is 13.7. The van der Waals surface area contributed by atoms with Crippen molar-refractivity contribution >= 4 is 17.3 Å². The molecule has 0 aliphatic heterocycles. The lowest BCUT2D eigenvalue weighted by molar-refractivity contribution is -0.136. The van der Waals surface area contributed by atoms with Crippen molar-refractivity contribution in [2.24, 2.45) is 0 Å². The van der Waals surface area contributed by atoms with Crippen molar-refractivity contribution in [3.63, 3.8) is 0 Å². The Bertz CT molecular complexity index is 398. The third-order valence-corrected chi connectivity index (χ3v) is 3.92. The first kappa shape index (κ1) is 14.9. The predicted octanol–water partition coefficient (Wildman–Crippen LogP) is 2.73. The summed E-state index contributed by atoms with van der Waals surface area (Å²) in [5, 5.41) is 2.10. The Morgan fingerprint density at radius 3 is 2.89 bits per heavy atom. The minimum atomic E-state index is -0.255. The quantitative estimate of drug-likeness (QED) is 0.586. The molecule has 18 heavy (non-hydrogen) atoms. The second kappa shape index (κ2) is 7.34. The van der Waals surface area contributed by atoms with Crippen LogP contribution in [0.2, 0.25) is 0 Å². The standard InChI is InChI=1S/C14H21NO2S/c1-11(14(16)17-4)7-8-15(3)12(2)10-13-6-5-9-18-13/h5-7,9,12H,8,10H2,1-4H3. The highest BCUT2D eigenvalue weighted by Crippen LogP contribution is 2.13. The first-order valence-electron chi connectivity index (χ1n) is 6.02. The smallest absolute Gasteiger partial charge is 0.333 e. The number of hydrogen-bond donors (Lipinski definition) is 0. The van der Waals surface area contributed by atoms with Gasteiger partial charge in [0.15, 0.2) is 0 Å². The Kier molecular flexibility index (Phi) is 6.09. The van der Waals surface area contributed by atoms with Crippen molar-refractivity contribution in [3.05, 3.63) is 34.0 Å². The van der Waals surface area contributed by atoms with Gasteiger partial charge in [-0.15, -0.1) is 11.3 Å². The van der Waals surface area contributed by atoms with Gasteiger partial charge in [-0.1, -0.05) is 12.1 Å². The minimum absolute atomic E-state index is 0.255. The summed E-state index contributed by atoms with van der Waals surface area (Å²) < 4.78 is 4.67. The molecule has 1 aromatic heterocycles. The van der Waals surface area contributed by atoms with Crippen molar-refractivity contribution in [1.82, 2.24) is 4.90 Å². The summed E-state index contributed by atoms with van der Waals surface area (Å²) in [6.45, 7) is 4.73. The van der Waals surface area contributed by atoms with Gasteiger partial charge >= 0.3 is 5.97 Å². The van der Waals surface area contributed by atoms with Gasteiger partial charge in [0.2, 0.25) is 0 Å². The summed E-state index contributed by atoms with van der Waals surface area (Å²) in [4.78, 5) is 14.9. The van der Waals surface area contributed by atoms with E-state index in [1.54, 1.807) is 18.3 Å². The molecule has 1 atom stereocenters. The average Bonchev–Trinajstić information content (AvgIpc) is 2.87. The lowest BCUT2D eigenvalue weighted by Gasteiger charge is -2.23. The summed E-state index contributed by atoms with van der Waals surface area (Å²) in [7, 11) is 3.47. The largest absolute Gasteiger partial charge is 0.466 e. The van der Waals surface area contributed by atoms with Gasteiger partial charge in [-0.2, -0.15) is 0 Å². The molecule has 0 saturated carbocycles. The molecule has 0 saturated heterocycles. The monoisotopic (exact) mass is 267 g/mol. The van der Waals surface area contributed by atoms with Crippen LogP contribution in [0, 0.1) is 0 Å². The van der Waals surface area contributed by atoms with E-state index in [-0.39, 0.29) is 5.97 Å². The molecule has 0 aromatic carbocycles. The van der Waals surface area contributed by atoms with Crippen molar-refractivity contribution < 1.29 is 9.53 Å². The van der Waals surface area contributed by atoms with Crippen LogP contribution in [0.5, 0.6) is 0 Å². The van der Waals surface area contributed by atoms with E-state index in [1.165, 1.54) is 12.0 Å². The van der Waals surface area contributed by atoms with Crippen LogP contribution >= 0.6 is 11.3 Å². The first-order chi connectivity index (χ1) is 8.54. The Morgan fingerprint density at radius 2 is 2.33 bits per heavy atom. The van der Waals surface area contributed by atoms with E-state index in [0.717, 1.165) is 13.0 Å². The number of rotatable bonds is 6. The molecule has 100 valence electrons. The fourth-order valence-electron chi connectivity index (χ4n) is 1.58. The van der Waals surface area contributed by atoms with Crippen LogP contribution in [0.15, 0.2) is 29.2 Å². The van der Waals surface area contributed by atoms with E-state index >= 15 is 0 Å². The van der Waals surface area contributed by atoms with Crippen LogP contribution in [-0.4, -0.2) is 37.6 Å². The van der Waals surface area contributed by atoms with E-state index < -0.39 is 0 Å². The molecule has 4 heteroatoms. The molecule has 3 nitrogen and oxygen atoms in total. The number of carbonyl (C=O) groups is 1. The first-order valence-corrected chi connectivity index (χ1v) is 6.90. The van der Waals surface area contributed by atoms with E-state index in [2.05, 4.69) is 41.1 Å². The van der Waals surface area contributed by atoms with E-state index in [1.807, 2.05) is 6.08 Å². The predicted molar refractivity (Wildman–Crippen MR) is 75.9 cm³/mol. The van der Waals surface area contributed by atoms with Crippen LogP contribution in [0.1, 0.15) is 18.7 Å². The Morgan fingerprint density at radius 1 is 1.61 bits per heavy atom. The maximum absolute atomic E-state index is 11.2. The average molecular weight is 267 g/mol. The van der Waals surface area contributed by atoms with Gasteiger partial charge in [-0.3, -0.25) is 4.90 Å². The van der Waals surface area contributed by atoms with Crippen molar-refractivity contribution in [2.75, 3.05) is 20.7 Å². The molecular weight excluding hydrogens is 246 g/mol. The van der Waals surface area contributed by atoms with E-state index in [9.17, 15) is 4.79 Å². The number of methoxy groups -OCH3 is 1. The Labute approximate surface area is 113 Å². The van der Waals surface area contributed by atoms with Crippen LogP contribution in [-0.2, 0) is 16.0 Å². The maximum atomic E-state index is 11.2. The minimum Gasteiger partial charge on any atom is -0.466 e. The maximum Gasteiger partial charge on any atom is 0.333 e. The van der Waals surface area contributed by atoms with Crippen LogP contribution < -0.4 is 0 Å². The van der Waals surface area contributed by atoms with E-state index in [0.29, 0.717) is 11.6 Å². The van der Waals surface area contributed by atoms with Gasteiger partial charge < -0.3 is 4.74 Å². The Balaban J connectivity index is 2.45. The molecule has 0 aliphatic carbocycles. The number of ether oxygens (including phenoxy) is 1. The molecule has 1 heterocycles. The van der Waals surface area contributed by atoms with Crippen LogP contribution in [0.4, 0.5) is 0 Å². The zero-order chi connectivity index (χ0) is 13.5. The SMILES string of the molecule is COC(=O)C(C)=CCN(C)C(C)Cc1cccs1. The van der Waals surface area contributed by atoms with Crippen molar-refractivity contribution in [1.29, 1.82) is 0 Å².